The second-order valence-electron chi connectivity index (χ2n) is 5.10. The van der Waals surface area contributed by atoms with Crippen molar-refractivity contribution in [1.82, 2.24) is 0 Å². The molecule has 1 aromatic carbocycles. The lowest BCUT2D eigenvalue weighted by Crippen LogP contribution is -2.04. The Morgan fingerprint density at radius 1 is 1.11 bits per heavy atom. The number of hydrogen-bond acceptors (Lipinski definition) is 1. The Hall–Kier alpha value is -1.42. The molecule has 0 N–H and O–H groups in total. The van der Waals surface area contributed by atoms with Crippen molar-refractivity contribution in [1.29, 1.82) is 0 Å². The molecule has 1 rings (SSSR count). The van der Waals surface area contributed by atoms with Crippen molar-refractivity contribution in [3.05, 3.63) is 28.3 Å². The average molecular weight is 258 g/mol. The Bertz CT molecular complexity index is 489. The van der Waals surface area contributed by atoms with E-state index in [0.717, 1.165) is 25.2 Å². The first-order chi connectivity index (χ1) is 9.02. The summed E-state index contributed by atoms with van der Waals surface area (Å²) >= 11 is 0. The summed E-state index contributed by atoms with van der Waals surface area (Å²) in [6.07, 6.45) is 1.87. The van der Waals surface area contributed by atoms with E-state index in [1.165, 1.54) is 22.3 Å². The van der Waals surface area contributed by atoms with Crippen molar-refractivity contribution < 1.29 is 4.74 Å². The van der Waals surface area contributed by atoms with Gasteiger partial charge in [-0.3, -0.25) is 0 Å². The van der Waals surface area contributed by atoms with Crippen molar-refractivity contribution in [2.75, 3.05) is 6.61 Å². The molecule has 0 saturated heterocycles. The van der Waals surface area contributed by atoms with Gasteiger partial charge in [-0.15, -0.1) is 11.8 Å². The summed E-state index contributed by atoms with van der Waals surface area (Å²) in [5, 5.41) is 0. The lowest BCUT2D eigenvalue weighted by molar-refractivity contribution is 0.337. The van der Waals surface area contributed by atoms with Crippen LogP contribution in [0.25, 0.3) is 0 Å². The first kappa shape index (κ1) is 15.6. The molecule has 0 aromatic heterocycles. The molecule has 0 aliphatic carbocycles. The molecule has 1 nitrogen and oxygen atoms in total. The molecule has 0 aliphatic rings. The molecule has 19 heavy (non-hydrogen) atoms. The van der Waals surface area contributed by atoms with Crippen LogP contribution in [0.2, 0.25) is 0 Å². The van der Waals surface area contributed by atoms with E-state index in [0.29, 0.717) is 5.92 Å². The molecule has 1 atom stereocenters. The van der Waals surface area contributed by atoms with Crippen LogP contribution in [0.1, 0.15) is 61.8 Å². The van der Waals surface area contributed by atoms with Crippen molar-refractivity contribution >= 4 is 0 Å². The fraction of sp³-hybridized carbons (Fsp3) is 0.556. The summed E-state index contributed by atoms with van der Waals surface area (Å²) in [6.45, 7) is 13.6. The SMILES string of the molecule is CCC#CCC(C)c1c(C)cc(OCC)c(C)c1C. The van der Waals surface area contributed by atoms with Gasteiger partial charge in [0.2, 0.25) is 0 Å². The van der Waals surface area contributed by atoms with Crippen molar-refractivity contribution in [2.45, 2.75) is 60.3 Å². The number of hydrogen-bond donors (Lipinski definition) is 0. The summed E-state index contributed by atoms with van der Waals surface area (Å²) in [5.74, 6) is 7.93. The topological polar surface area (TPSA) is 9.23 Å². The van der Waals surface area contributed by atoms with Crippen LogP contribution >= 0.6 is 0 Å². The minimum atomic E-state index is 0.480. The molecular weight excluding hydrogens is 232 g/mol. The molecule has 104 valence electrons. The Morgan fingerprint density at radius 3 is 2.37 bits per heavy atom. The summed E-state index contributed by atoms with van der Waals surface area (Å²) in [7, 11) is 0. The van der Waals surface area contributed by atoms with Crippen LogP contribution in [0.5, 0.6) is 5.75 Å². The maximum atomic E-state index is 5.70. The molecule has 1 unspecified atom stereocenters. The van der Waals surface area contributed by atoms with Gasteiger partial charge in [0, 0.05) is 12.8 Å². The highest BCUT2D eigenvalue weighted by Gasteiger charge is 2.15. The summed E-state index contributed by atoms with van der Waals surface area (Å²) in [4.78, 5) is 0. The predicted octanol–water partition coefficient (Wildman–Crippen LogP) is 4.92. The first-order valence-electron chi connectivity index (χ1n) is 7.22. The van der Waals surface area contributed by atoms with E-state index in [-0.39, 0.29) is 0 Å². The Kier molecular flexibility index (Phi) is 5.96. The fourth-order valence-electron chi connectivity index (χ4n) is 2.58. The van der Waals surface area contributed by atoms with E-state index in [1.54, 1.807) is 0 Å². The van der Waals surface area contributed by atoms with Gasteiger partial charge in [-0.05, 0) is 61.9 Å². The van der Waals surface area contributed by atoms with Gasteiger partial charge < -0.3 is 4.74 Å². The van der Waals surface area contributed by atoms with Gasteiger partial charge in [0.1, 0.15) is 5.75 Å². The van der Waals surface area contributed by atoms with E-state index in [1.807, 2.05) is 6.92 Å². The third kappa shape index (κ3) is 3.77. The van der Waals surface area contributed by atoms with Gasteiger partial charge in [0.25, 0.3) is 0 Å². The van der Waals surface area contributed by atoms with E-state index in [2.05, 4.69) is 52.5 Å². The van der Waals surface area contributed by atoms with E-state index in [4.69, 9.17) is 4.74 Å². The largest absolute Gasteiger partial charge is 0.494 e. The molecule has 0 amide bonds. The zero-order chi connectivity index (χ0) is 14.4. The lowest BCUT2D eigenvalue weighted by Gasteiger charge is -2.20. The molecule has 0 aliphatic heterocycles. The highest BCUT2D eigenvalue weighted by Crippen LogP contribution is 2.33. The van der Waals surface area contributed by atoms with Crippen LogP contribution in [0.3, 0.4) is 0 Å². The number of ether oxygens (including phenoxy) is 1. The second-order valence-corrected chi connectivity index (χ2v) is 5.10. The van der Waals surface area contributed by atoms with Crippen LogP contribution in [-0.2, 0) is 0 Å². The van der Waals surface area contributed by atoms with Crippen LogP contribution in [0.15, 0.2) is 6.07 Å². The van der Waals surface area contributed by atoms with Crippen LogP contribution < -0.4 is 4.74 Å². The molecular formula is C18H26O. The molecule has 1 aromatic rings. The average Bonchev–Trinajstić information content (AvgIpc) is 2.36. The maximum absolute atomic E-state index is 5.70. The van der Waals surface area contributed by atoms with Crippen LogP contribution in [-0.4, -0.2) is 6.61 Å². The van der Waals surface area contributed by atoms with Crippen molar-refractivity contribution in [2.24, 2.45) is 0 Å². The minimum Gasteiger partial charge on any atom is -0.494 e. The monoisotopic (exact) mass is 258 g/mol. The summed E-state index contributed by atoms with van der Waals surface area (Å²) < 4.78 is 5.70. The second kappa shape index (κ2) is 7.24. The van der Waals surface area contributed by atoms with Gasteiger partial charge in [-0.2, -0.15) is 0 Å². The molecule has 0 spiro atoms. The van der Waals surface area contributed by atoms with Gasteiger partial charge in [-0.25, -0.2) is 0 Å². The lowest BCUT2D eigenvalue weighted by atomic mass is 9.87. The highest BCUT2D eigenvalue weighted by atomic mass is 16.5. The molecule has 0 bridgehead atoms. The molecule has 1 heteroatoms. The molecule has 0 saturated carbocycles. The van der Waals surface area contributed by atoms with Gasteiger partial charge >= 0.3 is 0 Å². The van der Waals surface area contributed by atoms with Gasteiger partial charge in [0.15, 0.2) is 0 Å². The maximum Gasteiger partial charge on any atom is 0.122 e. The van der Waals surface area contributed by atoms with Crippen molar-refractivity contribution in [3.8, 4) is 17.6 Å². The minimum absolute atomic E-state index is 0.480. The zero-order valence-corrected chi connectivity index (χ0v) is 13.2. The van der Waals surface area contributed by atoms with E-state index in [9.17, 15) is 0 Å². The zero-order valence-electron chi connectivity index (χ0n) is 13.2. The Labute approximate surface area is 118 Å². The van der Waals surface area contributed by atoms with E-state index < -0.39 is 0 Å². The normalized spacial score (nSPS) is 11.7. The third-order valence-corrected chi connectivity index (χ3v) is 3.61. The van der Waals surface area contributed by atoms with Crippen LogP contribution in [0, 0.1) is 32.6 Å². The standard InChI is InChI=1S/C18H26O/c1-7-9-10-11-13(3)18-14(4)12-17(19-8-2)15(5)16(18)6/h12-13H,7-8,11H2,1-6H3. The van der Waals surface area contributed by atoms with Crippen LogP contribution in [0.4, 0.5) is 0 Å². The fourth-order valence-corrected chi connectivity index (χ4v) is 2.58. The molecule has 0 fully saturated rings. The number of benzene rings is 1. The highest BCUT2D eigenvalue weighted by molar-refractivity contribution is 5.49. The van der Waals surface area contributed by atoms with Crippen molar-refractivity contribution in [3.63, 3.8) is 0 Å². The Balaban J connectivity index is 3.11. The first-order valence-corrected chi connectivity index (χ1v) is 7.22. The van der Waals surface area contributed by atoms with Gasteiger partial charge in [0.05, 0.1) is 6.61 Å². The number of rotatable bonds is 4. The predicted molar refractivity (Wildman–Crippen MR) is 82.9 cm³/mol. The Morgan fingerprint density at radius 2 is 1.79 bits per heavy atom. The summed E-state index contributed by atoms with van der Waals surface area (Å²) in [5.41, 5.74) is 5.37. The molecule has 0 radical (unpaired) electrons. The summed E-state index contributed by atoms with van der Waals surface area (Å²) in [6, 6.07) is 2.17. The smallest absolute Gasteiger partial charge is 0.122 e. The van der Waals surface area contributed by atoms with E-state index >= 15 is 0 Å². The number of aryl methyl sites for hydroxylation is 1. The molecule has 0 heterocycles. The quantitative estimate of drug-likeness (QED) is 0.697. The third-order valence-electron chi connectivity index (χ3n) is 3.61. The van der Waals surface area contributed by atoms with Gasteiger partial charge in [-0.1, -0.05) is 13.8 Å².